The van der Waals surface area contributed by atoms with Crippen LogP contribution >= 0.6 is 0 Å². The molecule has 0 spiro atoms. The smallest absolute Gasteiger partial charge is 0.412 e. The predicted octanol–water partition coefficient (Wildman–Crippen LogP) is 8.28. The first kappa shape index (κ1) is 33.3. The number of aromatic nitrogens is 2. The van der Waals surface area contributed by atoms with Crippen molar-refractivity contribution in [2.45, 2.75) is 59.5 Å². The Balaban J connectivity index is 0.000000401. The number of alkyl halides is 6. The van der Waals surface area contributed by atoms with E-state index in [0.717, 1.165) is 22.4 Å². The third-order valence-corrected chi connectivity index (χ3v) is 4.88. The van der Waals surface area contributed by atoms with Crippen LogP contribution in [0.25, 0.3) is 11.0 Å². The average molecular weight is 559 g/mol. The maximum atomic E-state index is 11.6. The molecule has 0 saturated carbocycles. The monoisotopic (exact) mass is 558 g/mol. The van der Waals surface area contributed by atoms with Crippen LogP contribution in [0.4, 0.5) is 26.3 Å². The average Bonchev–Trinajstić information content (AvgIpc) is 2.95. The highest BCUT2D eigenvalue weighted by atomic mass is 19.4. The van der Waals surface area contributed by atoms with E-state index in [2.05, 4.69) is 17.6 Å². The number of aryl methyl sites for hydroxylation is 2. The molecule has 1 aromatic carbocycles. The first-order chi connectivity index (χ1) is 17.9. The number of ether oxygens (including phenoxy) is 1. The molecule has 0 fully saturated rings. The lowest BCUT2D eigenvalue weighted by Gasteiger charge is -2.07. The van der Waals surface area contributed by atoms with Gasteiger partial charge in [-0.2, -0.15) is 26.3 Å². The molecule has 0 saturated heterocycles. The molecule has 1 aliphatic rings. The summed E-state index contributed by atoms with van der Waals surface area (Å²) in [5, 5.41) is 9.12. The van der Waals surface area contributed by atoms with Crippen LogP contribution in [0, 0.1) is 6.92 Å². The Labute approximate surface area is 223 Å². The molecular weight excluding hydrogens is 526 g/mol. The highest BCUT2D eigenvalue weighted by Gasteiger charge is 2.32. The maximum Gasteiger partial charge on any atom is 0.412 e. The number of hydrogen-bond acceptors (Lipinski definition) is 3. The molecule has 0 bridgehead atoms. The van der Waals surface area contributed by atoms with Crippen molar-refractivity contribution >= 4 is 17.0 Å². The Morgan fingerprint density at radius 2 is 1.79 bits per heavy atom. The summed E-state index contributed by atoms with van der Waals surface area (Å²) in [6.07, 6.45) is -3.21. The van der Waals surface area contributed by atoms with Gasteiger partial charge in [0.1, 0.15) is 18.2 Å². The molecule has 5 nitrogen and oxygen atoms in total. The van der Waals surface area contributed by atoms with Crippen molar-refractivity contribution in [2.24, 2.45) is 7.05 Å². The molecule has 0 unspecified atom stereocenters. The molecule has 1 aromatic heterocycles. The van der Waals surface area contributed by atoms with Crippen molar-refractivity contribution in [3.63, 3.8) is 0 Å². The van der Waals surface area contributed by atoms with Crippen molar-refractivity contribution in [3.05, 3.63) is 89.0 Å². The van der Waals surface area contributed by atoms with Gasteiger partial charge >= 0.3 is 18.3 Å². The lowest BCUT2D eigenvalue weighted by Crippen LogP contribution is -2.11. The summed E-state index contributed by atoms with van der Waals surface area (Å²) >= 11 is 0. The number of allylic oxidation sites excluding steroid dienone is 6. The number of carboxylic acids is 1. The van der Waals surface area contributed by atoms with Crippen LogP contribution in [0.1, 0.15) is 45.0 Å². The van der Waals surface area contributed by atoms with Crippen molar-refractivity contribution in [2.75, 3.05) is 0 Å². The van der Waals surface area contributed by atoms with Crippen molar-refractivity contribution < 1.29 is 41.0 Å². The molecule has 11 heteroatoms. The van der Waals surface area contributed by atoms with E-state index >= 15 is 0 Å². The second-order valence-corrected chi connectivity index (χ2v) is 8.93. The fraction of sp³-hybridized carbons (Fsp3) is 0.357. The van der Waals surface area contributed by atoms with E-state index in [1.165, 1.54) is 5.57 Å². The fourth-order valence-corrected chi connectivity index (χ4v) is 2.90. The summed E-state index contributed by atoms with van der Waals surface area (Å²) in [6, 6.07) is 6.13. The number of imidazole rings is 1. The third-order valence-electron chi connectivity index (χ3n) is 4.88. The van der Waals surface area contributed by atoms with Crippen LogP contribution in [0.2, 0.25) is 0 Å². The minimum atomic E-state index is -4.66. The summed E-state index contributed by atoms with van der Waals surface area (Å²) in [6.45, 7) is 10.4. The second kappa shape index (κ2) is 14.4. The summed E-state index contributed by atoms with van der Waals surface area (Å²) in [7, 11) is 1.95. The Morgan fingerprint density at radius 1 is 1.18 bits per heavy atom. The fourth-order valence-electron chi connectivity index (χ4n) is 2.90. The number of carbonyl (C=O) groups is 1. The number of rotatable bonds is 5. The Morgan fingerprint density at radius 3 is 2.33 bits per heavy atom. The van der Waals surface area contributed by atoms with Gasteiger partial charge in [-0.25, -0.2) is 9.78 Å². The van der Waals surface area contributed by atoms with Crippen LogP contribution in [0.15, 0.2) is 77.6 Å². The van der Waals surface area contributed by atoms with Gasteiger partial charge in [0, 0.05) is 12.6 Å². The lowest BCUT2D eigenvalue weighted by atomic mass is 10.2. The van der Waals surface area contributed by atoms with Gasteiger partial charge in [-0.05, 0) is 64.0 Å². The molecule has 1 aliphatic carbocycles. The number of carboxylic acid groups (broad SMARTS) is 1. The minimum absolute atomic E-state index is 0.125. The standard InChI is InChI=1S/C18H18N2O3.C6H6F6.C4H8/c1-12-7-8-16-15(9-12)19-17(20(16)2)11-23-14-6-4-3-5-13(10-14)18(21)22;1-4(6(10,11)12)2-3-5(7,8)9;1-4(2)3/h4-10H,3,11H2,1-2H3,(H,21,22);2H,3H2,1H3;1H2,2-3H3/b;4-2+;. The molecular formula is C28H32F6N2O3. The van der Waals surface area contributed by atoms with E-state index in [4.69, 9.17) is 9.84 Å². The zero-order valence-electron chi connectivity index (χ0n) is 22.4. The van der Waals surface area contributed by atoms with Crippen LogP contribution in [0.5, 0.6) is 0 Å². The summed E-state index contributed by atoms with van der Waals surface area (Å²) in [5.74, 6) is 0.373. The number of nitrogens with zero attached hydrogens (tertiary/aromatic N) is 2. The molecule has 2 aromatic rings. The molecule has 0 radical (unpaired) electrons. The largest absolute Gasteiger partial charge is 0.486 e. The first-order valence-corrected chi connectivity index (χ1v) is 11.7. The minimum Gasteiger partial charge on any atom is -0.486 e. The van der Waals surface area contributed by atoms with Gasteiger partial charge in [0.05, 0.1) is 23.0 Å². The number of halogens is 6. The number of hydrogen-bond donors (Lipinski definition) is 1. The molecule has 1 heterocycles. The number of fused-ring (bicyclic) bond motifs is 1. The molecule has 39 heavy (non-hydrogen) atoms. The first-order valence-electron chi connectivity index (χ1n) is 11.7. The topological polar surface area (TPSA) is 64.3 Å². The van der Waals surface area contributed by atoms with Crippen LogP contribution in [0.3, 0.4) is 0 Å². The molecule has 1 N–H and O–H groups in total. The van der Waals surface area contributed by atoms with Crippen LogP contribution in [-0.4, -0.2) is 33.0 Å². The van der Waals surface area contributed by atoms with Gasteiger partial charge in [-0.15, -0.1) is 6.58 Å². The zero-order chi connectivity index (χ0) is 30.0. The number of benzene rings is 1. The van der Waals surface area contributed by atoms with E-state index in [1.807, 2.05) is 50.6 Å². The van der Waals surface area contributed by atoms with Crippen LogP contribution < -0.4 is 0 Å². The van der Waals surface area contributed by atoms with E-state index in [-0.39, 0.29) is 18.3 Å². The van der Waals surface area contributed by atoms with Gasteiger partial charge in [-0.3, -0.25) is 0 Å². The lowest BCUT2D eigenvalue weighted by molar-refractivity contribution is -0.132. The summed E-state index contributed by atoms with van der Waals surface area (Å²) < 4.78 is 76.7. The summed E-state index contributed by atoms with van der Waals surface area (Å²) in [5.41, 5.74) is 3.33. The van der Waals surface area contributed by atoms with Gasteiger partial charge in [0.2, 0.25) is 0 Å². The number of aliphatic carboxylic acids is 1. The highest BCUT2D eigenvalue weighted by Crippen LogP contribution is 2.28. The quantitative estimate of drug-likeness (QED) is 0.296. The molecule has 0 aliphatic heterocycles. The maximum absolute atomic E-state index is 11.6. The second-order valence-electron chi connectivity index (χ2n) is 8.93. The van der Waals surface area contributed by atoms with Gasteiger partial charge in [0.15, 0.2) is 0 Å². The highest BCUT2D eigenvalue weighted by molar-refractivity contribution is 5.90. The molecule has 0 amide bonds. The Hall–Kier alpha value is -3.76. The Bertz CT molecular complexity index is 1270. The Kier molecular flexibility index (Phi) is 12.3. The van der Waals surface area contributed by atoms with Crippen molar-refractivity contribution in [1.29, 1.82) is 0 Å². The molecule has 0 atom stereocenters. The van der Waals surface area contributed by atoms with Gasteiger partial charge in [0.25, 0.3) is 0 Å². The van der Waals surface area contributed by atoms with Crippen molar-refractivity contribution in [1.82, 2.24) is 9.55 Å². The van der Waals surface area contributed by atoms with E-state index in [1.54, 1.807) is 18.2 Å². The van der Waals surface area contributed by atoms with Crippen LogP contribution in [-0.2, 0) is 23.2 Å². The predicted molar refractivity (Wildman–Crippen MR) is 139 cm³/mol. The third kappa shape index (κ3) is 12.6. The van der Waals surface area contributed by atoms with Crippen molar-refractivity contribution in [3.8, 4) is 0 Å². The SMILES string of the molecule is C/C(=C\CC(F)(F)F)C(F)(F)F.C=C(C)C.Cc1ccc2c(c1)nc(COC1=CC(C(=O)O)=CCC=C1)n2C. The van der Waals surface area contributed by atoms with E-state index < -0.39 is 30.3 Å². The normalized spacial score (nSPS) is 13.8. The van der Waals surface area contributed by atoms with Gasteiger partial charge < -0.3 is 14.4 Å². The summed E-state index contributed by atoms with van der Waals surface area (Å²) in [4.78, 5) is 15.7. The van der Waals surface area contributed by atoms with Gasteiger partial charge in [-0.1, -0.05) is 29.9 Å². The van der Waals surface area contributed by atoms with E-state index in [9.17, 15) is 31.1 Å². The molecule has 214 valence electrons. The zero-order valence-corrected chi connectivity index (χ0v) is 22.4. The molecule has 3 rings (SSSR count). The van der Waals surface area contributed by atoms with E-state index in [0.29, 0.717) is 19.1 Å².